The molecule has 2 rings (SSSR count). The summed E-state index contributed by atoms with van der Waals surface area (Å²) in [4.78, 5) is 12.0. The summed E-state index contributed by atoms with van der Waals surface area (Å²) in [5, 5.41) is 9.56. The summed E-state index contributed by atoms with van der Waals surface area (Å²) >= 11 is 0. The van der Waals surface area contributed by atoms with Gasteiger partial charge in [-0.2, -0.15) is 5.26 Å². The number of esters is 1. The van der Waals surface area contributed by atoms with E-state index in [4.69, 9.17) is 9.47 Å². The summed E-state index contributed by atoms with van der Waals surface area (Å²) in [6, 6.07) is 10.00. The number of rotatable bonds is 2. The maximum atomic E-state index is 12.0. The summed E-state index contributed by atoms with van der Waals surface area (Å²) in [6.07, 6.45) is 0.391. The summed E-state index contributed by atoms with van der Waals surface area (Å²) in [5.41, 5.74) is -0.0975. The third kappa shape index (κ3) is 2.00. The molecule has 0 saturated carbocycles. The molecule has 0 radical (unpaired) electrons. The van der Waals surface area contributed by atoms with Crippen LogP contribution in [-0.4, -0.2) is 18.7 Å². The van der Waals surface area contributed by atoms with Crippen LogP contribution in [0.5, 0.6) is 0 Å². The molecule has 19 heavy (non-hydrogen) atoms. The Balaban J connectivity index is 2.43. The van der Waals surface area contributed by atoms with Crippen molar-refractivity contribution < 1.29 is 14.3 Å². The van der Waals surface area contributed by atoms with E-state index in [2.05, 4.69) is 6.07 Å². The summed E-state index contributed by atoms with van der Waals surface area (Å²) in [5.74, 6) is -0.437. The van der Waals surface area contributed by atoms with Crippen LogP contribution in [0.1, 0.15) is 25.0 Å². The second-order valence-corrected chi connectivity index (χ2v) is 5.29. The zero-order chi connectivity index (χ0) is 14.1. The largest absolute Gasteiger partial charge is 0.468 e. The average Bonchev–Trinajstić information content (AvgIpc) is 2.45. The molecule has 4 heteroatoms. The second-order valence-electron chi connectivity index (χ2n) is 5.29. The minimum absolute atomic E-state index is 0.337. The van der Waals surface area contributed by atoms with Gasteiger partial charge in [0.25, 0.3) is 0 Å². The third-order valence-electron chi connectivity index (χ3n) is 3.92. The van der Waals surface area contributed by atoms with Crippen molar-refractivity contribution in [1.82, 2.24) is 0 Å². The van der Waals surface area contributed by atoms with Gasteiger partial charge in [-0.3, -0.25) is 4.79 Å². The Labute approximate surface area is 112 Å². The van der Waals surface area contributed by atoms with Crippen LogP contribution in [0.4, 0.5) is 0 Å². The summed E-state index contributed by atoms with van der Waals surface area (Å²) in [6.45, 7) is 3.72. The van der Waals surface area contributed by atoms with Gasteiger partial charge in [0.1, 0.15) is 5.41 Å². The first kappa shape index (κ1) is 13.6. The Bertz CT molecular complexity index is 545. The lowest BCUT2D eigenvalue weighted by atomic mass is 9.70. The predicted octanol–water partition coefficient (Wildman–Crippen LogP) is 2.22. The Hall–Kier alpha value is -1.86. The highest BCUT2D eigenvalue weighted by Gasteiger charge is 2.54. The molecule has 100 valence electrons. The lowest BCUT2D eigenvalue weighted by molar-refractivity contribution is -0.171. The van der Waals surface area contributed by atoms with Gasteiger partial charge in [0.15, 0.2) is 5.60 Å². The Morgan fingerprint density at radius 2 is 2.05 bits per heavy atom. The molecule has 0 aromatic heterocycles. The number of carbonyl (C=O) groups is 1. The molecule has 1 aromatic rings. The van der Waals surface area contributed by atoms with Crippen molar-refractivity contribution in [2.24, 2.45) is 5.41 Å². The highest BCUT2D eigenvalue weighted by Crippen LogP contribution is 2.41. The fourth-order valence-corrected chi connectivity index (χ4v) is 2.42. The van der Waals surface area contributed by atoms with E-state index in [1.807, 2.05) is 24.3 Å². The monoisotopic (exact) mass is 259 g/mol. The minimum Gasteiger partial charge on any atom is -0.468 e. The Kier molecular flexibility index (Phi) is 3.34. The van der Waals surface area contributed by atoms with Crippen molar-refractivity contribution >= 4 is 5.97 Å². The number of ether oxygens (including phenoxy) is 2. The van der Waals surface area contributed by atoms with E-state index in [1.54, 1.807) is 13.8 Å². The quantitative estimate of drug-likeness (QED) is 0.764. The van der Waals surface area contributed by atoms with Gasteiger partial charge in [-0.1, -0.05) is 24.3 Å². The van der Waals surface area contributed by atoms with Crippen molar-refractivity contribution in [2.45, 2.75) is 32.5 Å². The molecule has 0 fully saturated rings. The van der Waals surface area contributed by atoms with E-state index < -0.39 is 17.0 Å². The minimum atomic E-state index is -1.19. The first-order valence-corrected chi connectivity index (χ1v) is 6.17. The van der Waals surface area contributed by atoms with Gasteiger partial charge in [-0.25, -0.2) is 0 Å². The maximum absolute atomic E-state index is 12.0. The first-order valence-electron chi connectivity index (χ1n) is 6.17. The highest BCUT2D eigenvalue weighted by atomic mass is 16.5. The average molecular weight is 259 g/mol. The number of hydrogen-bond donors (Lipinski definition) is 0. The summed E-state index contributed by atoms with van der Waals surface area (Å²) < 4.78 is 10.6. The van der Waals surface area contributed by atoms with Crippen molar-refractivity contribution in [1.29, 1.82) is 5.26 Å². The molecule has 0 saturated heterocycles. The van der Waals surface area contributed by atoms with Crippen LogP contribution in [0, 0.1) is 16.7 Å². The van der Waals surface area contributed by atoms with Crippen LogP contribution >= 0.6 is 0 Å². The maximum Gasteiger partial charge on any atom is 0.315 e. The molecule has 1 aliphatic heterocycles. The van der Waals surface area contributed by atoms with E-state index in [9.17, 15) is 10.1 Å². The number of nitrogens with zero attached hydrogens (tertiary/aromatic N) is 1. The molecular formula is C15H17NO3. The van der Waals surface area contributed by atoms with E-state index in [0.29, 0.717) is 13.0 Å². The van der Waals surface area contributed by atoms with Gasteiger partial charge in [0, 0.05) is 6.42 Å². The molecule has 0 N–H and O–H groups in total. The lowest BCUT2D eigenvalue weighted by Gasteiger charge is -2.42. The third-order valence-corrected chi connectivity index (χ3v) is 3.92. The van der Waals surface area contributed by atoms with Gasteiger partial charge in [0.2, 0.25) is 0 Å². The van der Waals surface area contributed by atoms with Crippen LogP contribution in [0.3, 0.4) is 0 Å². The molecule has 0 aliphatic carbocycles. The number of methoxy groups -OCH3 is 1. The number of nitriles is 1. The summed E-state index contributed by atoms with van der Waals surface area (Å²) in [7, 11) is 1.33. The zero-order valence-electron chi connectivity index (χ0n) is 11.4. The zero-order valence-corrected chi connectivity index (χ0v) is 11.4. The molecule has 1 aliphatic rings. The molecule has 0 bridgehead atoms. The van der Waals surface area contributed by atoms with Crippen LogP contribution in [0.2, 0.25) is 0 Å². The van der Waals surface area contributed by atoms with Crippen molar-refractivity contribution in [3.63, 3.8) is 0 Å². The Morgan fingerprint density at radius 3 is 2.63 bits per heavy atom. The molecule has 4 nitrogen and oxygen atoms in total. The topological polar surface area (TPSA) is 59.3 Å². The van der Waals surface area contributed by atoms with Gasteiger partial charge in [-0.05, 0) is 25.0 Å². The van der Waals surface area contributed by atoms with Crippen molar-refractivity contribution in [3.05, 3.63) is 35.4 Å². The van der Waals surface area contributed by atoms with Crippen LogP contribution in [0.25, 0.3) is 0 Å². The van der Waals surface area contributed by atoms with Crippen molar-refractivity contribution in [2.75, 3.05) is 7.11 Å². The smallest absolute Gasteiger partial charge is 0.315 e. The second kappa shape index (κ2) is 4.67. The molecular weight excluding hydrogens is 242 g/mol. The number of hydrogen-bond acceptors (Lipinski definition) is 4. The molecule has 1 heterocycles. The number of carbonyl (C=O) groups excluding carboxylic acids is 1. The molecule has 0 spiro atoms. The van der Waals surface area contributed by atoms with Gasteiger partial charge < -0.3 is 9.47 Å². The lowest BCUT2D eigenvalue weighted by Crippen LogP contribution is -2.54. The van der Waals surface area contributed by atoms with Gasteiger partial charge in [-0.15, -0.1) is 0 Å². The van der Waals surface area contributed by atoms with Gasteiger partial charge in [0.05, 0.1) is 19.8 Å². The number of fused-ring (bicyclic) bond motifs is 1. The predicted molar refractivity (Wildman–Crippen MR) is 69.1 cm³/mol. The van der Waals surface area contributed by atoms with E-state index in [0.717, 1.165) is 11.1 Å². The highest BCUT2D eigenvalue weighted by molar-refractivity contribution is 5.78. The van der Waals surface area contributed by atoms with Crippen LogP contribution < -0.4 is 0 Å². The normalized spacial score (nSPS) is 22.2. The first-order chi connectivity index (χ1) is 8.97. The number of benzene rings is 1. The molecule has 1 unspecified atom stereocenters. The molecule has 1 atom stereocenters. The molecule has 1 aromatic carbocycles. The van der Waals surface area contributed by atoms with E-state index in [-0.39, 0.29) is 0 Å². The fourth-order valence-electron chi connectivity index (χ4n) is 2.42. The Morgan fingerprint density at radius 1 is 1.42 bits per heavy atom. The molecule has 0 amide bonds. The van der Waals surface area contributed by atoms with E-state index in [1.165, 1.54) is 7.11 Å². The SMILES string of the molecule is COC(=O)C(C)(C)C1(C#N)Cc2ccccc2CO1. The standard InChI is InChI=1S/C15H17NO3/c1-14(2,13(17)18-3)15(10-16)8-11-6-4-5-7-12(11)9-19-15/h4-7H,8-9H2,1-3H3. The van der Waals surface area contributed by atoms with Crippen LogP contribution in [0.15, 0.2) is 24.3 Å². The fraction of sp³-hybridized carbons (Fsp3) is 0.467. The van der Waals surface area contributed by atoms with Crippen LogP contribution in [-0.2, 0) is 27.3 Å². The van der Waals surface area contributed by atoms with E-state index >= 15 is 0 Å². The van der Waals surface area contributed by atoms with Crippen molar-refractivity contribution in [3.8, 4) is 6.07 Å². The van der Waals surface area contributed by atoms with Gasteiger partial charge >= 0.3 is 5.97 Å².